The van der Waals surface area contributed by atoms with Gasteiger partial charge >= 0.3 is 0 Å². The van der Waals surface area contributed by atoms with Crippen LogP contribution in [0.25, 0.3) is 11.3 Å². The summed E-state index contributed by atoms with van der Waals surface area (Å²) >= 11 is 0. The molecule has 1 aliphatic heterocycles. The summed E-state index contributed by atoms with van der Waals surface area (Å²) < 4.78 is 39.2. The minimum absolute atomic E-state index is 0. The Balaban J connectivity index is 0.000000353. The maximum Gasteiger partial charge on any atom is 0.214 e. The molecule has 5 rings (SSSR count). The quantitative estimate of drug-likeness (QED) is 0.131. The molecule has 1 fully saturated rings. The van der Waals surface area contributed by atoms with Crippen molar-refractivity contribution in [3.63, 3.8) is 0 Å². The number of nitriles is 1. The van der Waals surface area contributed by atoms with E-state index in [0.717, 1.165) is 23.3 Å². The topological polar surface area (TPSA) is 72.2 Å². The van der Waals surface area contributed by atoms with E-state index >= 15 is 0 Å². The van der Waals surface area contributed by atoms with E-state index in [0.29, 0.717) is 46.4 Å². The van der Waals surface area contributed by atoms with Crippen molar-refractivity contribution in [2.75, 3.05) is 6.61 Å². The monoisotopic (exact) mass is 847 g/mol. The summed E-state index contributed by atoms with van der Waals surface area (Å²) in [6.45, 7) is 14.7. The van der Waals surface area contributed by atoms with Gasteiger partial charge in [-0.25, -0.2) is 13.8 Å². The van der Waals surface area contributed by atoms with Crippen LogP contribution in [0.5, 0.6) is 5.88 Å². The standard InChI is InChI=1S/C24H20F2N2O.C9H9O.C5H10O.U/c1-15(2)9-19-10-16(3)20(12-22(19)26)23-5-4-6-24(28-23)29-14-18-8-7-17(13-27)11-21(18)25;1-7-3-4-9(6-10)5-8(7)2;1-2-5-3-4-6-5;/h4-8,10-12H,1,9,14H2,2-3H3;3-5H,1-2H3;5H,2-4H2,1H3;/q;-1;;. The van der Waals surface area contributed by atoms with Gasteiger partial charge in [0.25, 0.3) is 0 Å². The molecule has 1 saturated heterocycles. The number of hydrogen-bond acceptors (Lipinski definition) is 5. The molecule has 0 saturated carbocycles. The summed E-state index contributed by atoms with van der Waals surface area (Å²) in [6, 6.07) is 20.1. The molecule has 4 aromatic rings. The molecule has 0 radical (unpaired) electrons. The molecule has 2 heterocycles. The summed E-state index contributed by atoms with van der Waals surface area (Å²) in [6.07, 6.45) is 5.43. The fraction of sp³-hybridized carbons (Fsp3) is 0.289. The summed E-state index contributed by atoms with van der Waals surface area (Å²) in [5.74, 6) is -0.510. The predicted molar refractivity (Wildman–Crippen MR) is 174 cm³/mol. The zero-order chi connectivity index (χ0) is 32.9. The van der Waals surface area contributed by atoms with Crippen LogP contribution in [-0.4, -0.2) is 24.0 Å². The van der Waals surface area contributed by atoms with E-state index in [-0.39, 0.29) is 49.1 Å². The fourth-order valence-electron chi connectivity index (χ4n) is 4.42. The molecule has 3 aromatic carbocycles. The van der Waals surface area contributed by atoms with Gasteiger partial charge in [0.2, 0.25) is 5.88 Å². The average molecular weight is 848 g/mol. The van der Waals surface area contributed by atoms with Gasteiger partial charge < -0.3 is 14.3 Å². The summed E-state index contributed by atoms with van der Waals surface area (Å²) in [4.78, 5) is 14.6. The number of aryl methyl sites for hydroxylation is 3. The van der Waals surface area contributed by atoms with Gasteiger partial charge in [0.05, 0.1) is 29.7 Å². The molecule has 46 heavy (non-hydrogen) atoms. The van der Waals surface area contributed by atoms with Crippen LogP contribution in [0.2, 0.25) is 0 Å². The summed E-state index contributed by atoms with van der Waals surface area (Å²) in [7, 11) is 0. The third-order valence-corrected chi connectivity index (χ3v) is 7.32. The molecular formula is C38H39F2N2O3U-. The van der Waals surface area contributed by atoms with E-state index < -0.39 is 5.82 Å². The number of pyridine rings is 1. The maximum atomic E-state index is 14.5. The van der Waals surface area contributed by atoms with Gasteiger partial charge in [0.1, 0.15) is 18.2 Å². The van der Waals surface area contributed by atoms with Crippen LogP contribution < -0.4 is 4.74 Å². The smallest absolute Gasteiger partial charge is 0.214 e. The number of rotatable bonds is 8. The van der Waals surface area contributed by atoms with Crippen LogP contribution in [0.4, 0.5) is 8.78 Å². The van der Waals surface area contributed by atoms with E-state index in [9.17, 15) is 13.6 Å². The van der Waals surface area contributed by atoms with Gasteiger partial charge in [0.15, 0.2) is 0 Å². The molecule has 1 aromatic heterocycles. The third-order valence-electron chi connectivity index (χ3n) is 7.32. The van der Waals surface area contributed by atoms with Crippen LogP contribution in [0.15, 0.2) is 78.9 Å². The molecule has 1 atom stereocenters. The Bertz CT molecular complexity index is 1680. The second-order valence-corrected chi connectivity index (χ2v) is 11.1. The number of aromatic nitrogens is 1. The fourth-order valence-corrected chi connectivity index (χ4v) is 4.42. The Hall–Kier alpha value is -3.62. The molecule has 238 valence electrons. The van der Waals surface area contributed by atoms with Crippen molar-refractivity contribution in [1.29, 1.82) is 5.26 Å². The zero-order valence-corrected chi connectivity index (χ0v) is 31.2. The van der Waals surface area contributed by atoms with E-state index in [4.69, 9.17) is 14.7 Å². The van der Waals surface area contributed by atoms with Gasteiger partial charge in [-0.15, -0.1) is 11.6 Å². The SMILES string of the molecule is C=C(C)Cc1cc(C)c(-c2cccc(OCc3ccc(C#N)cc3F)n2)cc1F.CCC1CCO1.Cc1ccc([C-]=O)cc1C.[U]. The molecular weight excluding hydrogens is 808 g/mol. The number of carbonyl (C=O) groups excluding carboxylic acids is 1. The van der Waals surface area contributed by atoms with E-state index in [2.05, 4.69) is 18.5 Å². The summed E-state index contributed by atoms with van der Waals surface area (Å²) in [5, 5.41) is 8.81. The number of hydrogen-bond donors (Lipinski definition) is 0. The van der Waals surface area contributed by atoms with Crippen LogP contribution in [0.1, 0.15) is 65.6 Å². The van der Waals surface area contributed by atoms with Gasteiger partial charge in [-0.2, -0.15) is 23.0 Å². The molecule has 8 heteroatoms. The number of allylic oxidation sites excluding steroid dienone is 1. The summed E-state index contributed by atoms with van der Waals surface area (Å²) in [5.41, 5.74) is 7.17. The first kappa shape index (κ1) is 38.6. The molecule has 1 unspecified atom stereocenters. The molecule has 0 N–H and O–H groups in total. The van der Waals surface area contributed by atoms with Crippen molar-refractivity contribution in [2.24, 2.45) is 0 Å². The van der Waals surface area contributed by atoms with E-state index in [1.54, 1.807) is 30.3 Å². The normalized spacial score (nSPS) is 12.9. The van der Waals surface area contributed by atoms with Crippen molar-refractivity contribution in [1.82, 2.24) is 4.98 Å². The van der Waals surface area contributed by atoms with Gasteiger partial charge in [-0.05, 0) is 75.4 Å². The maximum absolute atomic E-state index is 14.5. The zero-order valence-electron chi connectivity index (χ0n) is 27.0. The van der Waals surface area contributed by atoms with Crippen LogP contribution in [-0.2, 0) is 22.6 Å². The van der Waals surface area contributed by atoms with Crippen LogP contribution >= 0.6 is 0 Å². The van der Waals surface area contributed by atoms with Gasteiger partial charge in [0, 0.05) is 54.9 Å². The molecule has 5 nitrogen and oxygen atoms in total. The van der Waals surface area contributed by atoms with Crippen molar-refractivity contribution < 1.29 is 54.2 Å². The molecule has 1 aliphatic rings. The predicted octanol–water partition coefficient (Wildman–Crippen LogP) is 8.85. The molecule has 0 amide bonds. The van der Waals surface area contributed by atoms with Crippen molar-refractivity contribution in [3.8, 4) is 23.2 Å². The molecule has 0 aliphatic carbocycles. The Morgan fingerprint density at radius 3 is 2.28 bits per heavy atom. The second kappa shape index (κ2) is 19.1. The van der Waals surface area contributed by atoms with E-state index in [1.165, 1.54) is 42.7 Å². The first-order valence-corrected chi connectivity index (χ1v) is 14.8. The Kier molecular flexibility index (Phi) is 16.0. The van der Waals surface area contributed by atoms with Crippen molar-refractivity contribution in [3.05, 3.63) is 129 Å². The minimum Gasteiger partial charge on any atom is -0.473 e. The second-order valence-electron chi connectivity index (χ2n) is 11.1. The minimum atomic E-state index is -0.508. The third kappa shape index (κ3) is 11.6. The molecule has 0 bridgehead atoms. The van der Waals surface area contributed by atoms with Crippen molar-refractivity contribution >= 4 is 6.29 Å². The number of benzene rings is 3. The molecule has 0 spiro atoms. The number of ether oxygens (including phenoxy) is 2. The number of nitrogens with zero attached hydrogens (tertiary/aromatic N) is 2. The van der Waals surface area contributed by atoms with Crippen LogP contribution in [0.3, 0.4) is 0 Å². The average Bonchev–Trinajstić information content (AvgIpc) is 2.99. The number of halogens is 2. The van der Waals surface area contributed by atoms with E-state index in [1.807, 2.05) is 52.2 Å². The Morgan fingerprint density at radius 1 is 1.02 bits per heavy atom. The Labute approximate surface area is 295 Å². The largest absolute Gasteiger partial charge is 0.473 e. The Morgan fingerprint density at radius 2 is 1.74 bits per heavy atom. The van der Waals surface area contributed by atoms with Crippen LogP contribution in [0, 0.1) is 74.8 Å². The first-order chi connectivity index (χ1) is 21.5. The van der Waals surface area contributed by atoms with Gasteiger partial charge in [-0.3, -0.25) is 0 Å². The van der Waals surface area contributed by atoms with Crippen molar-refractivity contribution in [2.45, 2.75) is 66.6 Å². The first-order valence-electron chi connectivity index (χ1n) is 14.8. The van der Waals surface area contributed by atoms with Gasteiger partial charge in [-0.1, -0.05) is 49.8 Å².